The average molecular weight is 228 g/mol. The van der Waals surface area contributed by atoms with E-state index in [0.29, 0.717) is 0 Å². The van der Waals surface area contributed by atoms with Gasteiger partial charge in [-0.05, 0) is 41.8 Å². The number of carboxylic acids is 1. The number of phenolic OH excluding ortho intramolecular Hbond substituents is 1. The summed E-state index contributed by atoms with van der Waals surface area (Å²) >= 11 is 0. The molecule has 0 aliphatic rings. The molecule has 0 aliphatic carbocycles. The van der Waals surface area contributed by atoms with Crippen LogP contribution in [0.15, 0.2) is 42.5 Å². The molecule has 17 heavy (non-hydrogen) atoms. The van der Waals surface area contributed by atoms with Crippen LogP contribution in [0.25, 0.3) is 11.1 Å². The van der Waals surface area contributed by atoms with Gasteiger partial charge >= 0.3 is 5.97 Å². The van der Waals surface area contributed by atoms with Crippen molar-refractivity contribution in [3.8, 4) is 16.9 Å². The van der Waals surface area contributed by atoms with Crippen LogP contribution in [0.1, 0.15) is 15.9 Å². The van der Waals surface area contributed by atoms with Crippen molar-refractivity contribution in [1.82, 2.24) is 0 Å². The zero-order chi connectivity index (χ0) is 12.4. The van der Waals surface area contributed by atoms with E-state index < -0.39 is 5.97 Å². The van der Waals surface area contributed by atoms with Crippen molar-refractivity contribution < 1.29 is 15.0 Å². The number of rotatable bonds is 2. The Hall–Kier alpha value is -2.29. The summed E-state index contributed by atoms with van der Waals surface area (Å²) in [5.41, 5.74) is 2.61. The van der Waals surface area contributed by atoms with E-state index in [0.717, 1.165) is 16.7 Å². The van der Waals surface area contributed by atoms with E-state index in [9.17, 15) is 9.90 Å². The molecule has 0 heterocycles. The van der Waals surface area contributed by atoms with E-state index in [4.69, 9.17) is 5.11 Å². The molecule has 0 spiro atoms. The minimum atomic E-state index is -0.955. The van der Waals surface area contributed by atoms with Gasteiger partial charge in [-0.25, -0.2) is 4.79 Å². The largest absolute Gasteiger partial charge is 0.508 e. The second-order valence-electron chi connectivity index (χ2n) is 3.89. The van der Waals surface area contributed by atoms with Gasteiger partial charge < -0.3 is 10.2 Å². The van der Waals surface area contributed by atoms with Gasteiger partial charge in [0.25, 0.3) is 0 Å². The van der Waals surface area contributed by atoms with Crippen molar-refractivity contribution in [2.75, 3.05) is 0 Å². The van der Waals surface area contributed by atoms with Crippen LogP contribution in [-0.2, 0) is 0 Å². The molecule has 3 nitrogen and oxygen atoms in total. The second kappa shape index (κ2) is 4.29. The maximum absolute atomic E-state index is 10.9. The highest BCUT2D eigenvalue weighted by Gasteiger charge is 2.06. The maximum Gasteiger partial charge on any atom is 0.335 e. The zero-order valence-electron chi connectivity index (χ0n) is 9.34. The fourth-order valence-electron chi connectivity index (χ4n) is 1.62. The number of hydrogen-bond donors (Lipinski definition) is 2. The van der Waals surface area contributed by atoms with Gasteiger partial charge in [0.15, 0.2) is 0 Å². The normalized spacial score (nSPS) is 10.2. The number of aromatic hydroxyl groups is 1. The van der Waals surface area contributed by atoms with Crippen molar-refractivity contribution in [2.24, 2.45) is 0 Å². The Morgan fingerprint density at radius 1 is 1.06 bits per heavy atom. The van der Waals surface area contributed by atoms with Crippen LogP contribution in [0.3, 0.4) is 0 Å². The molecule has 2 aromatic carbocycles. The highest BCUT2D eigenvalue weighted by atomic mass is 16.4. The zero-order valence-corrected chi connectivity index (χ0v) is 9.34. The molecule has 0 aliphatic heterocycles. The van der Waals surface area contributed by atoms with Crippen molar-refractivity contribution in [3.63, 3.8) is 0 Å². The molecule has 0 saturated carbocycles. The topological polar surface area (TPSA) is 57.5 Å². The van der Waals surface area contributed by atoms with Crippen LogP contribution >= 0.6 is 0 Å². The van der Waals surface area contributed by atoms with Gasteiger partial charge in [0.05, 0.1) is 5.56 Å². The van der Waals surface area contributed by atoms with Gasteiger partial charge in [-0.3, -0.25) is 0 Å². The Bertz CT molecular complexity index is 573. The van der Waals surface area contributed by atoms with Crippen molar-refractivity contribution in [2.45, 2.75) is 6.92 Å². The first-order valence-electron chi connectivity index (χ1n) is 5.21. The molecular weight excluding hydrogens is 216 g/mol. The predicted octanol–water partition coefficient (Wildman–Crippen LogP) is 3.07. The molecule has 2 aromatic rings. The Balaban J connectivity index is 2.49. The van der Waals surface area contributed by atoms with E-state index >= 15 is 0 Å². The maximum atomic E-state index is 10.9. The van der Waals surface area contributed by atoms with Crippen molar-refractivity contribution in [1.29, 1.82) is 0 Å². The summed E-state index contributed by atoms with van der Waals surface area (Å²) in [6, 6.07) is 11.9. The average Bonchev–Trinajstić information content (AvgIpc) is 2.33. The van der Waals surface area contributed by atoms with E-state index in [2.05, 4.69) is 0 Å². The molecule has 0 aromatic heterocycles. The first kappa shape index (κ1) is 11.2. The number of aromatic carboxylic acids is 1. The Morgan fingerprint density at radius 3 is 2.41 bits per heavy atom. The number of carbonyl (C=O) groups is 1. The summed E-state index contributed by atoms with van der Waals surface area (Å²) in [5, 5.41) is 18.5. The van der Waals surface area contributed by atoms with Gasteiger partial charge in [0.2, 0.25) is 0 Å². The second-order valence-corrected chi connectivity index (χ2v) is 3.89. The monoisotopic (exact) mass is 228 g/mol. The molecule has 2 N–H and O–H groups in total. The van der Waals surface area contributed by atoms with Gasteiger partial charge in [-0.1, -0.05) is 24.3 Å². The molecule has 0 unspecified atom stereocenters. The standard InChI is InChI=1S/C14H12O3/c1-9-5-6-11(8-13(9)15)10-3-2-4-12(7-10)14(16)17/h2-8,15H,1H3,(H,16,17). The molecule has 0 atom stereocenters. The van der Waals surface area contributed by atoms with E-state index in [-0.39, 0.29) is 11.3 Å². The minimum absolute atomic E-state index is 0.211. The molecule has 0 amide bonds. The first-order chi connectivity index (χ1) is 8.08. The lowest BCUT2D eigenvalue weighted by Gasteiger charge is -2.05. The molecule has 0 radical (unpaired) electrons. The van der Waals surface area contributed by atoms with E-state index in [1.54, 1.807) is 30.3 Å². The van der Waals surface area contributed by atoms with Gasteiger partial charge in [-0.2, -0.15) is 0 Å². The van der Waals surface area contributed by atoms with Gasteiger partial charge in [0, 0.05) is 0 Å². The summed E-state index contributed by atoms with van der Waals surface area (Å²) in [5.74, 6) is -0.744. The predicted molar refractivity (Wildman–Crippen MR) is 65.2 cm³/mol. The van der Waals surface area contributed by atoms with Crippen LogP contribution < -0.4 is 0 Å². The van der Waals surface area contributed by atoms with Gasteiger partial charge in [-0.15, -0.1) is 0 Å². The fourth-order valence-corrected chi connectivity index (χ4v) is 1.62. The molecule has 0 bridgehead atoms. The number of carboxylic acid groups (broad SMARTS) is 1. The van der Waals surface area contributed by atoms with Crippen LogP contribution in [0, 0.1) is 6.92 Å². The molecule has 0 saturated heterocycles. The third-order valence-corrected chi connectivity index (χ3v) is 2.65. The lowest BCUT2D eigenvalue weighted by atomic mass is 10.0. The first-order valence-corrected chi connectivity index (χ1v) is 5.21. The number of benzene rings is 2. The quantitative estimate of drug-likeness (QED) is 0.830. The highest BCUT2D eigenvalue weighted by Crippen LogP contribution is 2.26. The number of phenols is 1. The van der Waals surface area contributed by atoms with E-state index in [1.807, 2.05) is 19.1 Å². The highest BCUT2D eigenvalue weighted by molar-refractivity contribution is 5.89. The van der Waals surface area contributed by atoms with Gasteiger partial charge in [0.1, 0.15) is 5.75 Å². The SMILES string of the molecule is Cc1ccc(-c2cccc(C(=O)O)c2)cc1O. The third-order valence-electron chi connectivity index (χ3n) is 2.65. The van der Waals surface area contributed by atoms with Crippen LogP contribution in [0.2, 0.25) is 0 Å². The van der Waals surface area contributed by atoms with Crippen LogP contribution in [0.4, 0.5) is 0 Å². The number of aryl methyl sites for hydroxylation is 1. The molecule has 0 fully saturated rings. The Labute approximate surface area is 99.0 Å². The summed E-state index contributed by atoms with van der Waals surface area (Å²) in [4.78, 5) is 10.9. The fraction of sp³-hybridized carbons (Fsp3) is 0.0714. The summed E-state index contributed by atoms with van der Waals surface area (Å²) in [6.45, 7) is 1.81. The lowest BCUT2D eigenvalue weighted by molar-refractivity contribution is 0.0697. The Morgan fingerprint density at radius 2 is 1.76 bits per heavy atom. The minimum Gasteiger partial charge on any atom is -0.508 e. The van der Waals surface area contributed by atoms with Crippen molar-refractivity contribution >= 4 is 5.97 Å². The van der Waals surface area contributed by atoms with Crippen molar-refractivity contribution in [3.05, 3.63) is 53.6 Å². The molecule has 2 rings (SSSR count). The Kier molecular flexibility index (Phi) is 2.83. The van der Waals surface area contributed by atoms with Crippen LogP contribution in [0.5, 0.6) is 5.75 Å². The summed E-state index contributed by atoms with van der Waals surface area (Å²) < 4.78 is 0. The van der Waals surface area contributed by atoms with Crippen LogP contribution in [-0.4, -0.2) is 16.2 Å². The smallest absolute Gasteiger partial charge is 0.335 e. The third kappa shape index (κ3) is 2.28. The summed E-state index contributed by atoms with van der Waals surface area (Å²) in [6.07, 6.45) is 0. The molecular formula is C14H12O3. The summed E-state index contributed by atoms with van der Waals surface area (Å²) in [7, 11) is 0. The number of hydrogen-bond acceptors (Lipinski definition) is 2. The lowest BCUT2D eigenvalue weighted by Crippen LogP contribution is -1.95. The van der Waals surface area contributed by atoms with E-state index in [1.165, 1.54) is 0 Å². The molecule has 3 heteroatoms. The molecule has 86 valence electrons.